The summed E-state index contributed by atoms with van der Waals surface area (Å²) in [7, 11) is 0. The maximum atomic E-state index is 8.87. The van der Waals surface area contributed by atoms with Crippen molar-refractivity contribution in [2.75, 3.05) is 6.61 Å². The number of rotatable bonds is 5. The first kappa shape index (κ1) is 11.3. The van der Waals surface area contributed by atoms with Crippen LogP contribution in [0.2, 0.25) is 0 Å². The summed E-state index contributed by atoms with van der Waals surface area (Å²) in [5.41, 5.74) is 5.74. The third kappa shape index (κ3) is 3.96. The maximum Gasteiger partial charge on any atom is 0.189 e. The van der Waals surface area contributed by atoms with Crippen molar-refractivity contribution in [1.82, 2.24) is 5.32 Å². The molecule has 0 radical (unpaired) electrons. The Hall–Kier alpha value is -0.770. The van der Waals surface area contributed by atoms with Gasteiger partial charge in [-0.3, -0.25) is 4.99 Å². The van der Waals surface area contributed by atoms with Gasteiger partial charge < -0.3 is 16.2 Å². The van der Waals surface area contributed by atoms with E-state index in [-0.39, 0.29) is 12.6 Å². The molecule has 82 valence electrons. The predicted molar refractivity (Wildman–Crippen MR) is 58.1 cm³/mol. The molecular formula is C10H21N3O. The minimum atomic E-state index is 0.187. The van der Waals surface area contributed by atoms with E-state index < -0.39 is 0 Å². The lowest BCUT2D eigenvalue weighted by Crippen LogP contribution is -2.43. The van der Waals surface area contributed by atoms with Gasteiger partial charge in [-0.25, -0.2) is 0 Å². The van der Waals surface area contributed by atoms with Crippen LogP contribution in [0.4, 0.5) is 0 Å². The lowest BCUT2D eigenvalue weighted by atomic mass is 10.0. The zero-order chi connectivity index (χ0) is 10.6. The van der Waals surface area contributed by atoms with Crippen LogP contribution in [0.1, 0.15) is 33.1 Å². The number of guanidine groups is 1. The Morgan fingerprint density at radius 3 is 2.64 bits per heavy atom. The first-order chi connectivity index (χ1) is 6.63. The van der Waals surface area contributed by atoms with Gasteiger partial charge in [0.15, 0.2) is 5.96 Å². The highest BCUT2D eigenvalue weighted by molar-refractivity contribution is 5.78. The van der Waals surface area contributed by atoms with Gasteiger partial charge >= 0.3 is 0 Å². The smallest absolute Gasteiger partial charge is 0.189 e. The minimum Gasteiger partial charge on any atom is -0.396 e. The topological polar surface area (TPSA) is 70.6 Å². The van der Waals surface area contributed by atoms with Gasteiger partial charge in [-0.15, -0.1) is 0 Å². The van der Waals surface area contributed by atoms with E-state index in [1.165, 1.54) is 0 Å². The first-order valence-electron chi connectivity index (χ1n) is 5.34. The Morgan fingerprint density at radius 1 is 1.57 bits per heavy atom. The van der Waals surface area contributed by atoms with Crippen molar-refractivity contribution in [2.45, 2.75) is 45.2 Å². The van der Waals surface area contributed by atoms with Gasteiger partial charge in [-0.05, 0) is 25.2 Å². The number of nitrogens with zero attached hydrogens (tertiary/aromatic N) is 1. The van der Waals surface area contributed by atoms with Crippen LogP contribution in [0.5, 0.6) is 0 Å². The Bertz CT molecular complexity index is 200. The van der Waals surface area contributed by atoms with E-state index in [2.05, 4.69) is 24.2 Å². The SMILES string of the molecule is CC(C)C(CCO)NC(N)=NC1CC1. The van der Waals surface area contributed by atoms with E-state index >= 15 is 0 Å². The van der Waals surface area contributed by atoms with E-state index in [4.69, 9.17) is 10.8 Å². The van der Waals surface area contributed by atoms with Crippen LogP contribution in [-0.4, -0.2) is 29.8 Å². The molecule has 4 nitrogen and oxygen atoms in total. The number of hydrogen-bond donors (Lipinski definition) is 3. The summed E-state index contributed by atoms with van der Waals surface area (Å²) in [5, 5.41) is 12.0. The van der Waals surface area contributed by atoms with Crippen LogP contribution in [0, 0.1) is 5.92 Å². The fourth-order valence-corrected chi connectivity index (χ4v) is 1.34. The molecule has 0 saturated heterocycles. The van der Waals surface area contributed by atoms with E-state index in [1.807, 2.05) is 0 Å². The van der Waals surface area contributed by atoms with E-state index in [1.54, 1.807) is 0 Å². The number of aliphatic hydroxyl groups is 1. The summed E-state index contributed by atoms with van der Waals surface area (Å²) in [6.07, 6.45) is 3.04. The van der Waals surface area contributed by atoms with E-state index in [0.717, 1.165) is 19.3 Å². The van der Waals surface area contributed by atoms with Crippen LogP contribution in [0.25, 0.3) is 0 Å². The summed E-state index contributed by atoms with van der Waals surface area (Å²) in [6.45, 7) is 4.40. The van der Waals surface area contributed by atoms with Gasteiger partial charge in [0.2, 0.25) is 0 Å². The van der Waals surface area contributed by atoms with Crippen LogP contribution >= 0.6 is 0 Å². The van der Waals surface area contributed by atoms with Crippen molar-refractivity contribution in [3.8, 4) is 0 Å². The van der Waals surface area contributed by atoms with Crippen LogP contribution in [-0.2, 0) is 0 Å². The second-order valence-corrected chi connectivity index (χ2v) is 4.25. The van der Waals surface area contributed by atoms with Gasteiger partial charge in [0.1, 0.15) is 0 Å². The summed E-state index contributed by atoms with van der Waals surface area (Å²) < 4.78 is 0. The molecule has 0 bridgehead atoms. The van der Waals surface area contributed by atoms with Crippen molar-refractivity contribution >= 4 is 5.96 Å². The molecule has 0 spiro atoms. The third-order valence-corrected chi connectivity index (χ3v) is 2.45. The highest BCUT2D eigenvalue weighted by atomic mass is 16.3. The molecule has 0 aromatic heterocycles. The summed E-state index contributed by atoms with van der Waals surface area (Å²) in [6, 6.07) is 0.673. The molecule has 0 aromatic rings. The summed E-state index contributed by atoms with van der Waals surface area (Å²) in [4.78, 5) is 4.29. The molecule has 0 amide bonds. The number of hydrogen-bond acceptors (Lipinski definition) is 2. The zero-order valence-corrected chi connectivity index (χ0v) is 9.03. The summed E-state index contributed by atoms with van der Waals surface area (Å²) in [5.74, 6) is 0.981. The highest BCUT2D eigenvalue weighted by Gasteiger charge is 2.21. The van der Waals surface area contributed by atoms with Gasteiger partial charge in [0.25, 0.3) is 0 Å². The molecule has 1 unspecified atom stereocenters. The predicted octanol–water partition coefficient (Wildman–Crippen LogP) is 0.460. The van der Waals surface area contributed by atoms with Crippen molar-refractivity contribution in [3.63, 3.8) is 0 Å². The van der Waals surface area contributed by atoms with Crippen molar-refractivity contribution in [3.05, 3.63) is 0 Å². The zero-order valence-electron chi connectivity index (χ0n) is 9.03. The molecule has 1 fully saturated rings. The Balaban J connectivity index is 2.36. The molecule has 4 N–H and O–H groups in total. The van der Waals surface area contributed by atoms with Crippen LogP contribution in [0.15, 0.2) is 4.99 Å². The molecule has 0 aromatic carbocycles. The maximum absolute atomic E-state index is 8.87. The number of nitrogens with two attached hydrogens (primary N) is 1. The molecule has 1 aliphatic carbocycles. The number of nitrogens with one attached hydrogen (secondary N) is 1. The number of aliphatic hydroxyl groups excluding tert-OH is 1. The fourth-order valence-electron chi connectivity index (χ4n) is 1.34. The Morgan fingerprint density at radius 2 is 2.21 bits per heavy atom. The Labute approximate surface area is 85.6 Å². The lowest BCUT2D eigenvalue weighted by Gasteiger charge is -2.21. The average molecular weight is 199 g/mol. The molecule has 1 saturated carbocycles. The summed E-state index contributed by atoms with van der Waals surface area (Å²) >= 11 is 0. The van der Waals surface area contributed by atoms with Gasteiger partial charge in [-0.1, -0.05) is 13.8 Å². The minimum absolute atomic E-state index is 0.187. The molecule has 0 heterocycles. The van der Waals surface area contributed by atoms with Gasteiger partial charge in [-0.2, -0.15) is 0 Å². The van der Waals surface area contributed by atoms with Crippen molar-refractivity contribution in [1.29, 1.82) is 0 Å². The lowest BCUT2D eigenvalue weighted by molar-refractivity contribution is 0.254. The van der Waals surface area contributed by atoms with Gasteiger partial charge in [0.05, 0.1) is 6.04 Å². The largest absolute Gasteiger partial charge is 0.396 e. The van der Waals surface area contributed by atoms with E-state index in [9.17, 15) is 0 Å². The second-order valence-electron chi connectivity index (χ2n) is 4.25. The van der Waals surface area contributed by atoms with Gasteiger partial charge in [0, 0.05) is 12.6 Å². The fraction of sp³-hybridized carbons (Fsp3) is 0.900. The van der Waals surface area contributed by atoms with Crippen LogP contribution < -0.4 is 11.1 Å². The second kappa shape index (κ2) is 5.20. The molecule has 1 rings (SSSR count). The first-order valence-corrected chi connectivity index (χ1v) is 5.34. The molecule has 4 heteroatoms. The molecule has 1 atom stereocenters. The molecule has 14 heavy (non-hydrogen) atoms. The van der Waals surface area contributed by atoms with Crippen molar-refractivity contribution < 1.29 is 5.11 Å². The number of aliphatic imine (C=N–C) groups is 1. The highest BCUT2D eigenvalue weighted by Crippen LogP contribution is 2.23. The van der Waals surface area contributed by atoms with E-state index in [0.29, 0.717) is 17.9 Å². The molecular weight excluding hydrogens is 178 g/mol. The normalized spacial score (nSPS) is 19.9. The van der Waals surface area contributed by atoms with Crippen molar-refractivity contribution in [2.24, 2.45) is 16.6 Å². The monoisotopic (exact) mass is 199 g/mol. The molecule has 1 aliphatic rings. The standard InChI is InChI=1S/C10H21N3O/c1-7(2)9(5-6-14)13-10(11)12-8-3-4-8/h7-9,14H,3-6H2,1-2H3,(H3,11,12,13). The third-order valence-electron chi connectivity index (χ3n) is 2.45. The molecule has 0 aliphatic heterocycles. The Kier molecular flexibility index (Phi) is 4.20. The quantitative estimate of drug-likeness (QED) is 0.445. The average Bonchev–Trinajstić information content (AvgIpc) is 2.87. The van der Waals surface area contributed by atoms with Crippen LogP contribution in [0.3, 0.4) is 0 Å².